The maximum Gasteiger partial charge on any atom is 0.248 e. The van der Waals surface area contributed by atoms with Gasteiger partial charge in [-0.05, 0) is 56.4 Å². The van der Waals surface area contributed by atoms with Crippen LogP contribution in [0.5, 0.6) is 0 Å². The minimum Gasteiger partial charge on any atom is -0.278 e. The largest absolute Gasteiger partial charge is 0.278 e. The number of alkyl halides is 2. The number of primary sulfonamides is 1. The Balaban J connectivity index is 1.82. The van der Waals surface area contributed by atoms with Gasteiger partial charge in [-0.15, -0.1) is 0 Å². The molecule has 1 aromatic rings. The van der Waals surface area contributed by atoms with E-state index in [1.807, 2.05) is 24.9 Å². The first-order valence-corrected chi connectivity index (χ1v) is 10.3. The van der Waals surface area contributed by atoms with Crippen LogP contribution in [0.4, 0.5) is 14.5 Å². The highest BCUT2D eigenvalue weighted by molar-refractivity contribution is 7.89. The number of allylic oxidation sites excluding steroid dienone is 1. The number of nitrogens with two attached hydrogens (primary N) is 1. The molecule has 2 aliphatic rings. The number of anilines is 1. The van der Waals surface area contributed by atoms with Crippen molar-refractivity contribution in [3.63, 3.8) is 0 Å². The Bertz CT molecular complexity index is 813. The molecule has 8 heteroatoms. The average Bonchev–Trinajstić information content (AvgIpc) is 2.83. The normalized spacial score (nSPS) is 22.3. The molecule has 1 fully saturated rings. The molecule has 1 heterocycles. The molecule has 2 N–H and O–H groups in total. The molecule has 1 aliphatic carbocycles. The lowest BCUT2D eigenvalue weighted by Gasteiger charge is -2.36. The van der Waals surface area contributed by atoms with Gasteiger partial charge in [-0.3, -0.25) is 5.01 Å². The summed E-state index contributed by atoms with van der Waals surface area (Å²) in [7, 11) is -3.79. The van der Waals surface area contributed by atoms with Gasteiger partial charge in [0.2, 0.25) is 15.9 Å². The van der Waals surface area contributed by atoms with Crippen LogP contribution in [0, 0.1) is 5.92 Å². The molecule has 5 nitrogen and oxygen atoms in total. The summed E-state index contributed by atoms with van der Waals surface area (Å²) in [4.78, 5) is 0.0598. The van der Waals surface area contributed by atoms with Gasteiger partial charge in [0.25, 0.3) is 0 Å². The maximum atomic E-state index is 13.4. The molecule has 0 saturated heterocycles. The topological polar surface area (TPSA) is 66.6 Å². The third kappa shape index (κ3) is 4.07. The van der Waals surface area contributed by atoms with Crippen LogP contribution in [-0.2, 0) is 10.0 Å². The van der Waals surface area contributed by atoms with Gasteiger partial charge in [0.15, 0.2) is 0 Å². The van der Waals surface area contributed by atoms with E-state index in [-0.39, 0.29) is 23.7 Å². The molecule has 0 aromatic heterocycles. The van der Waals surface area contributed by atoms with Gasteiger partial charge >= 0.3 is 0 Å². The summed E-state index contributed by atoms with van der Waals surface area (Å²) < 4.78 is 50.2. The Morgan fingerprint density at radius 1 is 1.23 bits per heavy atom. The minimum atomic E-state index is -3.79. The minimum absolute atomic E-state index is 0.0577. The zero-order valence-corrected chi connectivity index (χ0v) is 15.9. The summed E-state index contributed by atoms with van der Waals surface area (Å²) in [6, 6.07) is 6.52. The zero-order valence-electron chi connectivity index (χ0n) is 15.1. The molecule has 1 saturated carbocycles. The SMILES string of the molecule is CC1=C(C)N(c2cccc(S(N)(=O)=O)c2)N(CC2CCC(F)(F)CC2)C1. The predicted molar refractivity (Wildman–Crippen MR) is 97.1 cm³/mol. The molecular weight excluding hydrogens is 360 g/mol. The van der Waals surface area contributed by atoms with Gasteiger partial charge in [0.05, 0.1) is 10.6 Å². The van der Waals surface area contributed by atoms with E-state index < -0.39 is 15.9 Å². The number of sulfonamides is 1. The van der Waals surface area contributed by atoms with Gasteiger partial charge in [-0.25, -0.2) is 27.3 Å². The van der Waals surface area contributed by atoms with Crippen molar-refractivity contribution in [3.8, 4) is 0 Å². The quantitative estimate of drug-likeness (QED) is 0.862. The maximum absolute atomic E-state index is 13.4. The van der Waals surface area contributed by atoms with Crippen LogP contribution < -0.4 is 10.1 Å². The first kappa shape index (κ1) is 19.3. The Kier molecular flexibility index (Phi) is 5.11. The highest BCUT2D eigenvalue weighted by Gasteiger charge is 2.37. The van der Waals surface area contributed by atoms with Crippen LogP contribution in [0.1, 0.15) is 39.5 Å². The fourth-order valence-electron chi connectivity index (χ4n) is 3.73. The van der Waals surface area contributed by atoms with Crippen molar-refractivity contribution < 1.29 is 17.2 Å². The highest BCUT2D eigenvalue weighted by Crippen LogP contribution is 2.38. The molecule has 0 bridgehead atoms. The lowest BCUT2D eigenvalue weighted by Crippen LogP contribution is -2.42. The predicted octanol–water partition coefficient (Wildman–Crippen LogP) is 3.49. The second-order valence-electron chi connectivity index (χ2n) is 7.37. The summed E-state index contributed by atoms with van der Waals surface area (Å²) in [6.07, 6.45) is 0.898. The molecule has 0 spiro atoms. The summed E-state index contributed by atoms with van der Waals surface area (Å²) in [6.45, 7) is 5.39. The van der Waals surface area contributed by atoms with E-state index in [1.165, 1.54) is 11.6 Å². The van der Waals surface area contributed by atoms with Crippen molar-refractivity contribution in [1.82, 2.24) is 5.01 Å². The van der Waals surface area contributed by atoms with Gasteiger partial charge in [0.1, 0.15) is 0 Å². The molecule has 26 heavy (non-hydrogen) atoms. The van der Waals surface area contributed by atoms with Crippen molar-refractivity contribution >= 4 is 15.7 Å². The summed E-state index contributed by atoms with van der Waals surface area (Å²) in [5.41, 5.74) is 2.91. The second kappa shape index (κ2) is 6.90. The van der Waals surface area contributed by atoms with Crippen LogP contribution in [0.25, 0.3) is 0 Å². The second-order valence-corrected chi connectivity index (χ2v) is 8.93. The molecular formula is C18H25F2N3O2S. The van der Waals surface area contributed by atoms with Gasteiger partial charge in [0, 0.05) is 31.6 Å². The Hall–Kier alpha value is -1.51. The summed E-state index contributed by atoms with van der Waals surface area (Å²) in [5.74, 6) is -2.33. The van der Waals surface area contributed by atoms with Crippen LogP contribution in [0.2, 0.25) is 0 Å². The molecule has 144 valence electrons. The standard InChI is InChI=1S/C18H25F2N3O2S/c1-13-11-22(12-15-6-8-18(19,20)9-7-15)23(14(13)2)16-4-3-5-17(10-16)26(21,24)25/h3-5,10,15H,6-9,11-12H2,1-2H3,(H2,21,24,25). The number of hydrazine groups is 1. The van der Waals surface area contributed by atoms with E-state index in [9.17, 15) is 17.2 Å². The lowest BCUT2D eigenvalue weighted by atomic mass is 9.86. The van der Waals surface area contributed by atoms with Crippen molar-refractivity contribution in [2.75, 3.05) is 18.1 Å². The third-order valence-corrected chi connectivity index (χ3v) is 6.25. The Morgan fingerprint density at radius 3 is 2.50 bits per heavy atom. The van der Waals surface area contributed by atoms with E-state index in [0.717, 1.165) is 5.70 Å². The molecule has 0 unspecified atom stereocenters. The van der Waals surface area contributed by atoms with E-state index in [1.54, 1.807) is 12.1 Å². The summed E-state index contributed by atoms with van der Waals surface area (Å²) >= 11 is 0. The van der Waals surface area contributed by atoms with E-state index >= 15 is 0 Å². The average molecular weight is 385 g/mol. The van der Waals surface area contributed by atoms with Crippen molar-refractivity contribution in [2.24, 2.45) is 11.1 Å². The van der Waals surface area contributed by atoms with E-state index in [0.29, 0.717) is 31.6 Å². The van der Waals surface area contributed by atoms with Crippen LogP contribution in [0.15, 0.2) is 40.4 Å². The smallest absolute Gasteiger partial charge is 0.248 e. The molecule has 1 aliphatic heterocycles. The lowest BCUT2D eigenvalue weighted by molar-refractivity contribution is -0.0485. The van der Waals surface area contributed by atoms with Crippen LogP contribution >= 0.6 is 0 Å². The Labute approximate surface area is 153 Å². The number of benzene rings is 1. The Morgan fingerprint density at radius 2 is 1.88 bits per heavy atom. The highest BCUT2D eigenvalue weighted by atomic mass is 32.2. The molecule has 3 rings (SSSR count). The molecule has 1 aromatic carbocycles. The van der Waals surface area contributed by atoms with Crippen molar-refractivity contribution in [1.29, 1.82) is 0 Å². The molecule has 0 atom stereocenters. The first-order chi connectivity index (χ1) is 12.1. The van der Waals surface area contributed by atoms with E-state index in [4.69, 9.17) is 5.14 Å². The first-order valence-electron chi connectivity index (χ1n) is 8.79. The molecule has 0 amide bonds. The van der Waals surface area contributed by atoms with Crippen LogP contribution in [-0.4, -0.2) is 32.4 Å². The number of hydrogen-bond acceptors (Lipinski definition) is 4. The van der Waals surface area contributed by atoms with Gasteiger partial charge in [-0.2, -0.15) is 0 Å². The number of rotatable bonds is 4. The monoisotopic (exact) mass is 385 g/mol. The molecule has 0 radical (unpaired) electrons. The van der Waals surface area contributed by atoms with E-state index in [2.05, 4.69) is 5.01 Å². The number of hydrogen-bond donors (Lipinski definition) is 1. The summed E-state index contributed by atoms with van der Waals surface area (Å²) in [5, 5.41) is 9.35. The van der Waals surface area contributed by atoms with Crippen molar-refractivity contribution in [2.45, 2.75) is 50.3 Å². The fourth-order valence-corrected chi connectivity index (χ4v) is 4.28. The number of halogens is 2. The van der Waals surface area contributed by atoms with Gasteiger partial charge < -0.3 is 0 Å². The fraction of sp³-hybridized carbons (Fsp3) is 0.556. The third-order valence-electron chi connectivity index (χ3n) is 5.33. The van der Waals surface area contributed by atoms with Crippen LogP contribution in [0.3, 0.4) is 0 Å². The van der Waals surface area contributed by atoms with Crippen molar-refractivity contribution in [3.05, 3.63) is 35.5 Å². The van der Waals surface area contributed by atoms with Gasteiger partial charge in [-0.1, -0.05) is 6.07 Å². The number of nitrogens with zero attached hydrogens (tertiary/aromatic N) is 2. The zero-order chi connectivity index (χ0) is 19.1.